The molecule has 5 heteroatoms. The molecule has 1 aromatic carbocycles. The van der Waals surface area contributed by atoms with Crippen molar-refractivity contribution in [1.29, 1.82) is 5.26 Å². The lowest BCUT2D eigenvalue weighted by Gasteiger charge is -2.35. The van der Waals surface area contributed by atoms with Gasteiger partial charge in [-0.25, -0.2) is 0 Å². The summed E-state index contributed by atoms with van der Waals surface area (Å²) in [6, 6.07) is 9.89. The Kier molecular flexibility index (Phi) is 4.37. The van der Waals surface area contributed by atoms with Crippen LogP contribution in [0, 0.1) is 11.3 Å². The molecule has 0 spiro atoms. The van der Waals surface area contributed by atoms with E-state index in [0.717, 1.165) is 25.3 Å². The Hall–Kier alpha value is -2.06. The normalized spacial score (nSPS) is 18.9. The summed E-state index contributed by atoms with van der Waals surface area (Å²) < 4.78 is 0. The first-order valence-corrected chi connectivity index (χ1v) is 6.40. The summed E-state index contributed by atoms with van der Waals surface area (Å²) in [4.78, 5) is 12.8. The number of carboxylic acids is 1. The molecule has 0 aliphatic carbocycles. The lowest BCUT2D eigenvalue weighted by Crippen LogP contribution is -2.51. The highest BCUT2D eigenvalue weighted by Gasteiger charge is 2.21. The third-order valence-electron chi connectivity index (χ3n) is 3.33. The number of carbonyl (C=O) groups is 1. The van der Waals surface area contributed by atoms with Crippen LogP contribution >= 0.6 is 0 Å². The first-order valence-electron chi connectivity index (χ1n) is 6.40. The van der Waals surface area contributed by atoms with Crippen molar-refractivity contribution in [2.45, 2.75) is 18.9 Å². The fraction of sp³-hybridized carbons (Fsp3) is 0.429. The minimum atomic E-state index is -0.767. The van der Waals surface area contributed by atoms with Crippen molar-refractivity contribution in [1.82, 2.24) is 5.32 Å². The fourth-order valence-electron chi connectivity index (χ4n) is 2.38. The van der Waals surface area contributed by atoms with Gasteiger partial charge < -0.3 is 15.3 Å². The van der Waals surface area contributed by atoms with E-state index in [0.29, 0.717) is 12.0 Å². The van der Waals surface area contributed by atoms with E-state index in [2.05, 4.69) is 16.3 Å². The average Bonchev–Trinajstić information content (AvgIpc) is 2.45. The van der Waals surface area contributed by atoms with Crippen LogP contribution in [-0.2, 0) is 4.79 Å². The van der Waals surface area contributed by atoms with Gasteiger partial charge in [-0.15, -0.1) is 0 Å². The lowest BCUT2D eigenvalue weighted by molar-refractivity contribution is -0.137. The van der Waals surface area contributed by atoms with Crippen molar-refractivity contribution in [2.75, 3.05) is 24.5 Å². The Morgan fingerprint density at radius 3 is 3.05 bits per heavy atom. The summed E-state index contributed by atoms with van der Waals surface area (Å²) in [5.41, 5.74) is 1.60. The zero-order valence-electron chi connectivity index (χ0n) is 10.7. The number of hydrogen-bond acceptors (Lipinski definition) is 4. The molecule has 0 amide bonds. The molecule has 0 radical (unpaired) electrons. The predicted molar refractivity (Wildman–Crippen MR) is 72.0 cm³/mol. The summed E-state index contributed by atoms with van der Waals surface area (Å²) in [7, 11) is 0. The van der Waals surface area contributed by atoms with E-state index >= 15 is 0 Å². The van der Waals surface area contributed by atoms with Gasteiger partial charge in [0.2, 0.25) is 0 Å². The van der Waals surface area contributed by atoms with Crippen LogP contribution in [0.4, 0.5) is 5.69 Å². The smallest absolute Gasteiger partial charge is 0.303 e. The Balaban J connectivity index is 2.04. The van der Waals surface area contributed by atoms with E-state index < -0.39 is 5.97 Å². The maximum atomic E-state index is 10.6. The molecule has 1 aromatic rings. The molecule has 19 heavy (non-hydrogen) atoms. The maximum Gasteiger partial charge on any atom is 0.303 e. The summed E-state index contributed by atoms with van der Waals surface area (Å²) in [5, 5.41) is 21.2. The molecule has 1 heterocycles. The number of anilines is 1. The molecule has 1 aliphatic heterocycles. The standard InChI is InChI=1S/C14H17N3O2/c15-9-11-3-1-2-4-13(11)17-8-7-16-12(10-17)5-6-14(18)19/h1-4,12,16H,5-8,10H2,(H,18,19). The zero-order valence-corrected chi connectivity index (χ0v) is 10.7. The van der Waals surface area contributed by atoms with E-state index in [4.69, 9.17) is 10.4 Å². The Morgan fingerprint density at radius 2 is 2.32 bits per heavy atom. The van der Waals surface area contributed by atoms with Gasteiger partial charge in [0, 0.05) is 32.1 Å². The van der Waals surface area contributed by atoms with Crippen LogP contribution in [0.15, 0.2) is 24.3 Å². The molecule has 0 bridgehead atoms. The summed E-state index contributed by atoms with van der Waals surface area (Å²) in [5.74, 6) is -0.767. The van der Waals surface area contributed by atoms with Crippen LogP contribution in [0.5, 0.6) is 0 Å². The molecule has 1 unspecified atom stereocenters. The molecule has 1 atom stereocenters. The highest BCUT2D eigenvalue weighted by Crippen LogP contribution is 2.21. The van der Waals surface area contributed by atoms with E-state index in [1.807, 2.05) is 24.3 Å². The van der Waals surface area contributed by atoms with Crippen molar-refractivity contribution in [3.8, 4) is 6.07 Å². The number of nitrogens with zero attached hydrogens (tertiary/aromatic N) is 2. The van der Waals surface area contributed by atoms with E-state index in [1.165, 1.54) is 0 Å². The quantitative estimate of drug-likeness (QED) is 0.849. The van der Waals surface area contributed by atoms with Crippen LogP contribution in [0.2, 0.25) is 0 Å². The number of rotatable bonds is 4. The molecular weight excluding hydrogens is 242 g/mol. The highest BCUT2D eigenvalue weighted by molar-refractivity contribution is 5.66. The van der Waals surface area contributed by atoms with Crippen LogP contribution in [0.25, 0.3) is 0 Å². The SMILES string of the molecule is N#Cc1ccccc1N1CCNC(CCC(=O)O)C1. The number of nitrogens with one attached hydrogen (secondary N) is 1. The van der Waals surface area contributed by atoms with E-state index in [1.54, 1.807) is 0 Å². The second-order valence-corrected chi connectivity index (χ2v) is 4.66. The van der Waals surface area contributed by atoms with Crippen molar-refractivity contribution in [3.63, 3.8) is 0 Å². The highest BCUT2D eigenvalue weighted by atomic mass is 16.4. The molecule has 100 valence electrons. The van der Waals surface area contributed by atoms with Crippen molar-refractivity contribution < 1.29 is 9.90 Å². The van der Waals surface area contributed by atoms with Gasteiger partial charge >= 0.3 is 5.97 Å². The van der Waals surface area contributed by atoms with Crippen LogP contribution in [0.3, 0.4) is 0 Å². The minimum Gasteiger partial charge on any atom is -0.481 e. The summed E-state index contributed by atoms with van der Waals surface area (Å²) >= 11 is 0. The number of para-hydroxylation sites is 1. The number of hydrogen-bond donors (Lipinski definition) is 2. The van der Waals surface area contributed by atoms with Gasteiger partial charge in [-0.2, -0.15) is 5.26 Å². The molecular formula is C14H17N3O2. The van der Waals surface area contributed by atoms with E-state index in [-0.39, 0.29) is 12.5 Å². The fourth-order valence-corrected chi connectivity index (χ4v) is 2.38. The number of piperazine rings is 1. The molecule has 5 nitrogen and oxygen atoms in total. The molecule has 1 aliphatic rings. The maximum absolute atomic E-state index is 10.6. The largest absolute Gasteiger partial charge is 0.481 e. The van der Waals surface area contributed by atoms with Crippen molar-refractivity contribution in [3.05, 3.63) is 29.8 Å². The summed E-state index contributed by atoms with van der Waals surface area (Å²) in [6.45, 7) is 2.39. The molecule has 1 saturated heterocycles. The lowest BCUT2D eigenvalue weighted by atomic mass is 10.1. The Labute approximate surface area is 112 Å². The number of benzene rings is 1. The molecule has 1 fully saturated rings. The molecule has 2 rings (SSSR count). The van der Waals surface area contributed by atoms with Gasteiger partial charge in [-0.05, 0) is 18.6 Å². The average molecular weight is 259 g/mol. The second-order valence-electron chi connectivity index (χ2n) is 4.66. The monoisotopic (exact) mass is 259 g/mol. The molecule has 2 N–H and O–H groups in total. The number of aliphatic carboxylic acids is 1. The van der Waals surface area contributed by atoms with Gasteiger partial charge in [-0.3, -0.25) is 4.79 Å². The number of carboxylic acid groups (broad SMARTS) is 1. The first kappa shape index (κ1) is 13.4. The molecule has 0 aromatic heterocycles. The van der Waals surface area contributed by atoms with Gasteiger partial charge in [0.25, 0.3) is 0 Å². The predicted octanol–water partition coefficient (Wildman–Crippen LogP) is 1.20. The third kappa shape index (κ3) is 3.46. The Bertz CT molecular complexity index is 496. The van der Waals surface area contributed by atoms with E-state index in [9.17, 15) is 4.79 Å². The van der Waals surface area contributed by atoms with Crippen LogP contribution in [0.1, 0.15) is 18.4 Å². The third-order valence-corrected chi connectivity index (χ3v) is 3.33. The second kappa shape index (κ2) is 6.21. The van der Waals surface area contributed by atoms with Gasteiger partial charge in [0.05, 0.1) is 11.3 Å². The molecule has 0 saturated carbocycles. The Morgan fingerprint density at radius 1 is 1.53 bits per heavy atom. The van der Waals surface area contributed by atoms with Crippen LogP contribution in [-0.4, -0.2) is 36.8 Å². The van der Waals surface area contributed by atoms with Gasteiger partial charge in [0.15, 0.2) is 0 Å². The van der Waals surface area contributed by atoms with Crippen molar-refractivity contribution >= 4 is 11.7 Å². The minimum absolute atomic E-state index is 0.164. The van der Waals surface area contributed by atoms with Gasteiger partial charge in [0.1, 0.15) is 6.07 Å². The zero-order chi connectivity index (χ0) is 13.7. The van der Waals surface area contributed by atoms with Gasteiger partial charge in [-0.1, -0.05) is 12.1 Å². The summed E-state index contributed by atoms with van der Waals surface area (Å²) in [6.07, 6.45) is 0.784. The number of nitriles is 1. The topological polar surface area (TPSA) is 76.4 Å². The first-order chi connectivity index (χ1) is 9.20. The van der Waals surface area contributed by atoms with Crippen LogP contribution < -0.4 is 10.2 Å². The van der Waals surface area contributed by atoms with Crippen molar-refractivity contribution in [2.24, 2.45) is 0 Å².